The van der Waals surface area contributed by atoms with Crippen LogP contribution in [0.3, 0.4) is 0 Å². The predicted molar refractivity (Wildman–Crippen MR) is 103 cm³/mol. The normalized spacial score (nSPS) is 15.6. The van der Waals surface area contributed by atoms with Gasteiger partial charge in [-0.25, -0.2) is 0 Å². The zero-order valence-corrected chi connectivity index (χ0v) is 15.7. The van der Waals surface area contributed by atoms with Gasteiger partial charge in [-0.2, -0.15) is 13.2 Å². The summed E-state index contributed by atoms with van der Waals surface area (Å²) in [4.78, 5) is 3.38. The summed E-state index contributed by atoms with van der Waals surface area (Å²) in [5.74, 6) is 0. The molecule has 1 saturated heterocycles. The molecule has 1 fully saturated rings. The van der Waals surface area contributed by atoms with Crippen molar-refractivity contribution in [3.8, 4) is 0 Å². The highest BCUT2D eigenvalue weighted by molar-refractivity contribution is 8.01. The minimum Gasteiger partial charge on any atom is -0.369 e. The van der Waals surface area contributed by atoms with Crippen molar-refractivity contribution in [1.82, 2.24) is 0 Å². The molecule has 0 atom stereocenters. The van der Waals surface area contributed by atoms with Crippen LogP contribution in [0, 0.1) is 0 Å². The Morgan fingerprint density at radius 3 is 2.35 bits per heavy atom. The fourth-order valence-electron chi connectivity index (χ4n) is 3.32. The topological polar surface area (TPSA) is 3.24 Å². The largest absolute Gasteiger partial charge is 0.416 e. The van der Waals surface area contributed by atoms with Crippen LogP contribution in [0.15, 0.2) is 57.6 Å². The first-order valence-corrected chi connectivity index (χ1v) is 10.3. The van der Waals surface area contributed by atoms with Crippen molar-refractivity contribution < 1.29 is 13.2 Å². The van der Waals surface area contributed by atoms with Crippen molar-refractivity contribution in [3.63, 3.8) is 0 Å². The number of nitrogens with zero attached hydrogens (tertiary/aromatic N) is 1. The average molecular weight is 393 g/mol. The third-order valence-electron chi connectivity index (χ3n) is 4.58. The number of piperidine rings is 1. The maximum atomic E-state index is 13.2. The standard InChI is InChI=1S/C20H18F3NS2/c21-20(22,23)14-9-10-17-16(13-14)18(24-11-5-2-6-12-24)19(26-17)25-15-7-3-1-4-8-15/h1,3-4,7-10,13H,2,5-6,11-12H2. The van der Waals surface area contributed by atoms with Gasteiger partial charge in [0, 0.05) is 28.1 Å². The summed E-state index contributed by atoms with van der Waals surface area (Å²) in [6.07, 6.45) is -0.951. The fourth-order valence-corrected chi connectivity index (χ4v) is 5.83. The number of alkyl halides is 3. The highest BCUT2D eigenvalue weighted by Gasteiger charge is 2.32. The lowest BCUT2D eigenvalue weighted by atomic mass is 10.1. The highest BCUT2D eigenvalue weighted by Crippen LogP contribution is 2.48. The molecule has 1 aromatic heterocycles. The van der Waals surface area contributed by atoms with Crippen molar-refractivity contribution in [2.75, 3.05) is 18.0 Å². The maximum Gasteiger partial charge on any atom is 0.416 e. The molecule has 0 amide bonds. The molecule has 2 aromatic carbocycles. The first kappa shape index (κ1) is 17.7. The van der Waals surface area contributed by atoms with E-state index in [0.29, 0.717) is 0 Å². The molecule has 136 valence electrons. The molecular weight excluding hydrogens is 375 g/mol. The van der Waals surface area contributed by atoms with Gasteiger partial charge >= 0.3 is 6.18 Å². The monoisotopic (exact) mass is 393 g/mol. The van der Waals surface area contributed by atoms with Gasteiger partial charge in [0.15, 0.2) is 0 Å². The van der Waals surface area contributed by atoms with Crippen molar-refractivity contribution in [3.05, 3.63) is 54.1 Å². The quantitative estimate of drug-likeness (QED) is 0.468. The first-order valence-electron chi connectivity index (χ1n) is 8.64. The zero-order chi connectivity index (χ0) is 18.1. The molecule has 1 aliphatic heterocycles. The smallest absolute Gasteiger partial charge is 0.369 e. The van der Waals surface area contributed by atoms with Crippen LogP contribution in [0.25, 0.3) is 10.1 Å². The van der Waals surface area contributed by atoms with Crippen molar-refractivity contribution in [2.24, 2.45) is 0 Å². The number of thiophene rings is 1. The lowest BCUT2D eigenvalue weighted by molar-refractivity contribution is -0.137. The zero-order valence-electron chi connectivity index (χ0n) is 14.1. The molecule has 26 heavy (non-hydrogen) atoms. The fraction of sp³-hybridized carbons (Fsp3) is 0.300. The second-order valence-corrected chi connectivity index (χ2v) is 8.80. The van der Waals surface area contributed by atoms with Gasteiger partial charge in [0.05, 0.1) is 15.5 Å². The number of anilines is 1. The Hall–Kier alpha value is -1.66. The first-order chi connectivity index (χ1) is 12.5. The van der Waals surface area contributed by atoms with Crippen LogP contribution < -0.4 is 4.90 Å². The van der Waals surface area contributed by atoms with Gasteiger partial charge in [-0.1, -0.05) is 30.0 Å². The van der Waals surface area contributed by atoms with E-state index in [0.717, 1.165) is 50.8 Å². The molecule has 6 heteroatoms. The Morgan fingerprint density at radius 2 is 1.65 bits per heavy atom. The summed E-state index contributed by atoms with van der Waals surface area (Å²) < 4.78 is 41.7. The second-order valence-electron chi connectivity index (χ2n) is 6.41. The number of fused-ring (bicyclic) bond motifs is 1. The average Bonchev–Trinajstić information content (AvgIpc) is 2.99. The van der Waals surface area contributed by atoms with Gasteiger partial charge in [-0.05, 0) is 49.6 Å². The minimum absolute atomic E-state index is 0.572. The molecule has 0 N–H and O–H groups in total. The predicted octanol–water partition coefficient (Wildman–Crippen LogP) is 7.06. The molecule has 3 aromatic rings. The van der Waals surface area contributed by atoms with Gasteiger partial charge in [0.25, 0.3) is 0 Å². The summed E-state index contributed by atoms with van der Waals surface area (Å²) in [6, 6.07) is 14.1. The summed E-state index contributed by atoms with van der Waals surface area (Å²) in [7, 11) is 0. The van der Waals surface area contributed by atoms with Crippen LogP contribution in [-0.4, -0.2) is 13.1 Å². The van der Waals surface area contributed by atoms with Gasteiger partial charge in [0.1, 0.15) is 0 Å². The van der Waals surface area contributed by atoms with Crippen LogP contribution in [-0.2, 0) is 6.18 Å². The van der Waals surface area contributed by atoms with E-state index in [1.54, 1.807) is 29.2 Å². The number of benzene rings is 2. The third-order valence-corrected chi connectivity index (χ3v) is 6.93. The number of rotatable bonds is 3. The summed E-state index contributed by atoms with van der Waals surface area (Å²) in [5.41, 5.74) is 0.405. The Balaban J connectivity index is 1.83. The van der Waals surface area contributed by atoms with E-state index in [4.69, 9.17) is 0 Å². The van der Waals surface area contributed by atoms with Gasteiger partial charge < -0.3 is 4.90 Å². The van der Waals surface area contributed by atoms with E-state index in [1.165, 1.54) is 18.6 Å². The molecule has 1 aliphatic rings. The van der Waals surface area contributed by atoms with Crippen LogP contribution in [0.2, 0.25) is 0 Å². The van der Waals surface area contributed by atoms with E-state index < -0.39 is 11.7 Å². The van der Waals surface area contributed by atoms with Crippen molar-refractivity contribution >= 4 is 38.9 Å². The molecule has 0 aliphatic carbocycles. The molecule has 0 saturated carbocycles. The Bertz CT molecular complexity index is 897. The highest BCUT2D eigenvalue weighted by atomic mass is 32.2. The molecule has 2 heterocycles. The van der Waals surface area contributed by atoms with Gasteiger partial charge in [0.2, 0.25) is 0 Å². The number of hydrogen-bond acceptors (Lipinski definition) is 3. The van der Waals surface area contributed by atoms with Crippen LogP contribution >= 0.6 is 23.1 Å². The lowest BCUT2D eigenvalue weighted by Gasteiger charge is -2.29. The van der Waals surface area contributed by atoms with Crippen molar-refractivity contribution in [2.45, 2.75) is 34.5 Å². The summed E-state index contributed by atoms with van der Waals surface area (Å²) in [5, 5.41) is 0.727. The molecular formula is C20H18F3NS2. The Morgan fingerprint density at radius 1 is 0.923 bits per heavy atom. The van der Waals surface area contributed by atoms with Crippen LogP contribution in [0.4, 0.5) is 18.9 Å². The van der Waals surface area contributed by atoms with E-state index in [2.05, 4.69) is 4.90 Å². The van der Waals surface area contributed by atoms with E-state index in [9.17, 15) is 13.2 Å². The van der Waals surface area contributed by atoms with Crippen LogP contribution in [0.1, 0.15) is 24.8 Å². The van der Waals surface area contributed by atoms with Crippen LogP contribution in [0.5, 0.6) is 0 Å². The maximum absolute atomic E-state index is 13.2. The van der Waals surface area contributed by atoms with E-state index in [1.807, 2.05) is 30.3 Å². The molecule has 0 unspecified atom stereocenters. The van der Waals surface area contributed by atoms with Gasteiger partial charge in [-0.3, -0.25) is 0 Å². The summed E-state index contributed by atoms with van der Waals surface area (Å²) >= 11 is 3.23. The molecule has 0 spiro atoms. The molecule has 0 bridgehead atoms. The molecule has 4 rings (SSSR count). The molecule has 0 radical (unpaired) electrons. The lowest BCUT2D eigenvalue weighted by Crippen LogP contribution is -2.29. The van der Waals surface area contributed by atoms with Gasteiger partial charge in [-0.15, -0.1) is 11.3 Å². The van der Waals surface area contributed by atoms with Crippen molar-refractivity contribution in [1.29, 1.82) is 0 Å². The summed E-state index contributed by atoms with van der Waals surface area (Å²) in [6.45, 7) is 1.81. The van der Waals surface area contributed by atoms with E-state index >= 15 is 0 Å². The number of hydrogen-bond donors (Lipinski definition) is 0. The Kier molecular flexibility index (Phi) is 4.88. The number of halogens is 3. The third kappa shape index (κ3) is 3.58. The second kappa shape index (κ2) is 7.16. The SMILES string of the molecule is FC(F)(F)c1ccc2sc(Sc3ccccc3)c(N3CCCCC3)c2c1. The van der Waals surface area contributed by atoms with E-state index in [-0.39, 0.29) is 0 Å². The molecule has 1 nitrogen and oxygen atoms in total. The Labute approximate surface area is 158 Å². The minimum atomic E-state index is -4.32.